The number of rotatable bonds is 9. The Balaban J connectivity index is 3.21. The van der Waals surface area contributed by atoms with E-state index in [-0.39, 0.29) is 0 Å². The van der Waals surface area contributed by atoms with Crippen LogP contribution in [-0.2, 0) is 27.6 Å². The Morgan fingerprint density at radius 1 is 0.962 bits per heavy atom. The minimum Gasteiger partial charge on any atom is -0.454 e. The maximum absolute atomic E-state index is 12.6. The molecule has 1 heterocycles. The summed E-state index contributed by atoms with van der Waals surface area (Å²) in [5.74, 6) is -0.393. The van der Waals surface area contributed by atoms with Gasteiger partial charge in [0.05, 0.1) is 6.21 Å². The van der Waals surface area contributed by atoms with Gasteiger partial charge in [-0.2, -0.15) is 0 Å². The molecule has 0 bridgehead atoms. The smallest absolute Gasteiger partial charge is 0.337 e. The van der Waals surface area contributed by atoms with E-state index >= 15 is 0 Å². The molecule has 1 aliphatic rings. The molecule has 1 rings (SSSR count). The van der Waals surface area contributed by atoms with Crippen molar-refractivity contribution in [1.29, 1.82) is 0 Å². The summed E-state index contributed by atoms with van der Waals surface area (Å²) in [6.07, 6.45) is -0.857. The normalized spacial score (nSPS) is 26.2. The van der Waals surface area contributed by atoms with Crippen molar-refractivity contribution in [3.63, 3.8) is 0 Å². The molecule has 0 radical (unpaired) electrons. The zero-order valence-corrected chi connectivity index (χ0v) is 20.8. The molecule has 1 aliphatic heterocycles. The standard InChI is InChI=1S/C16H35NO6Si3/c1-19-17-11-12(21-24(2,3)4)13-14(22-25(5,6)7)15(16(18)20-13)23-26(8,9)10/h11-15H,1-10H3/b17-11+. The van der Waals surface area contributed by atoms with E-state index in [1.54, 1.807) is 6.21 Å². The van der Waals surface area contributed by atoms with Gasteiger partial charge < -0.3 is 22.9 Å². The summed E-state index contributed by atoms with van der Waals surface area (Å²) in [4.78, 5) is 17.4. The molecule has 1 fully saturated rings. The lowest BCUT2D eigenvalue weighted by molar-refractivity contribution is -0.148. The van der Waals surface area contributed by atoms with E-state index in [9.17, 15) is 4.79 Å². The number of nitrogens with zero attached hydrogens (tertiary/aromatic N) is 1. The number of cyclic esters (lactones) is 1. The van der Waals surface area contributed by atoms with Crippen molar-refractivity contribution in [1.82, 2.24) is 0 Å². The average Bonchev–Trinajstić information content (AvgIpc) is 2.67. The molecule has 1 saturated heterocycles. The summed E-state index contributed by atoms with van der Waals surface area (Å²) in [5, 5.41) is 3.86. The minimum atomic E-state index is -1.97. The topological polar surface area (TPSA) is 75.6 Å². The van der Waals surface area contributed by atoms with Crippen molar-refractivity contribution in [2.24, 2.45) is 5.16 Å². The van der Waals surface area contributed by atoms with Crippen LogP contribution in [0, 0.1) is 0 Å². The highest BCUT2D eigenvalue weighted by Gasteiger charge is 2.52. The van der Waals surface area contributed by atoms with Gasteiger partial charge in [0.25, 0.3) is 0 Å². The van der Waals surface area contributed by atoms with Gasteiger partial charge >= 0.3 is 5.97 Å². The van der Waals surface area contributed by atoms with Crippen LogP contribution in [0.5, 0.6) is 0 Å². The Morgan fingerprint density at radius 2 is 1.50 bits per heavy atom. The molecule has 0 aromatic carbocycles. The third kappa shape index (κ3) is 8.01. The molecule has 152 valence electrons. The van der Waals surface area contributed by atoms with Gasteiger partial charge in [-0.1, -0.05) is 5.16 Å². The summed E-state index contributed by atoms with van der Waals surface area (Å²) in [6.45, 7) is 18.6. The lowest BCUT2D eigenvalue weighted by atomic mass is 10.1. The van der Waals surface area contributed by atoms with Crippen LogP contribution in [0.1, 0.15) is 0 Å². The fourth-order valence-corrected chi connectivity index (χ4v) is 5.65. The molecule has 10 heteroatoms. The van der Waals surface area contributed by atoms with Crippen LogP contribution in [0.15, 0.2) is 5.16 Å². The summed E-state index contributed by atoms with van der Waals surface area (Å²) in [5.41, 5.74) is 0. The predicted octanol–water partition coefficient (Wildman–Crippen LogP) is 3.20. The molecular formula is C16H35NO6Si3. The first-order valence-electron chi connectivity index (χ1n) is 8.93. The third-order valence-corrected chi connectivity index (χ3v) is 6.12. The van der Waals surface area contributed by atoms with Crippen molar-refractivity contribution in [2.45, 2.75) is 83.3 Å². The highest BCUT2D eigenvalue weighted by molar-refractivity contribution is 6.70. The SMILES string of the molecule is CO/N=C/C(O[Si](C)(C)C)C1OC(=O)C(O[Si](C)(C)C)C1O[Si](C)(C)C. The number of hydrogen-bond donors (Lipinski definition) is 0. The van der Waals surface area contributed by atoms with E-state index in [1.165, 1.54) is 7.11 Å². The first-order valence-corrected chi connectivity index (χ1v) is 19.2. The van der Waals surface area contributed by atoms with Crippen LogP contribution < -0.4 is 0 Å². The Morgan fingerprint density at radius 3 is 1.92 bits per heavy atom. The van der Waals surface area contributed by atoms with Gasteiger partial charge in [-0.25, -0.2) is 4.79 Å². The minimum absolute atomic E-state index is 0.393. The van der Waals surface area contributed by atoms with E-state index in [4.69, 9.17) is 22.9 Å². The van der Waals surface area contributed by atoms with Gasteiger partial charge in [0.2, 0.25) is 0 Å². The molecule has 0 N–H and O–H groups in total. The predicted molar refractivity (Wildman–Crippen MR) is 110 cm³/mol. The summed E-state index contributed by atoms with van der Waals surface area (Å²) >= 11 is 0. The average molecular weight is 422 g/mol. The number of oxime groups is 1. The fraction of sp³-hybridized carbons (Fsp3) is 0.875. The lowest BCUT2D eigenvalue weighted by Crippen LogP contribution is -2.52. The number of hydrogen-bond acceptors (Lipinski definition) is 7. The van der Waals surface area contributed by atoms with Crippen LogP contribution in [-0.4, -0.2) is 68.7 Å². The molecule has 4 unspecified atom stereocenters. The first kappa shape index (κ1) is 23.5. The zero-order chi connectivity index (χ0) is 20.3. The van der Waals surface area contributed by atoms with Crippen molar-refractivity contribution in [2.75, 3.05) is 7.11 Å². The second-order valence-electron chi connectivity index (χ2n) is 9.38. The Hall–Kier alpha value is -0.529. The monoisotopic (exact) mass is 421 g/mol. The molecule has 0 aliphatic carbocycles. The van der Waals surface area contributed by atoms with E-state index in [2.05, 4.69) is 44.4 Å². The highest BCUT2D eigenvalue weighted by Crippen LogP contribution is 2.31. The number of carbonyl (C=O) groups excluding carboxylic acids is 1. The first-order chi connectivity index (χ1) is 11.6. The van der Waals surface area contributed by atoms with Gasteiger partial charge in [0, 0.05) is 0 Å². The third-order valence-electron chi connectivity index (χ3n) is 3.20. The van der Waals surface area contributed by atoms with Gasteiger partial charge in [0.15, 0.2) is 37.2 Å². The van der Waals surface area contributed by atoms with E-state index in [0.29, 0.717) is 0 Å². The zero-order valence-electron chi connectivity index (χ0n) is 17.8. The van der Waals surface area contributed by atoms with Gasteiger partial charge in [0.1, 0.15) is 19.3 Å². The Bertz CT molecular complexity index is 510. The molecular weight excluding hydrogens is 386 g/mol. The van der Waals surface area contributed by atoms with Crippen LogP contribution >= 0.6 is 0 Å². The van der Waals surface area contributed by atoms with Gasteiger partial charge in [-0.15, -0.1) is 0 Å². The van der Waals surface area contributed by atoms with Crippen molar-refractivity contribution in [3.8, 4) is 0 Å². The molecule has 0 saturated carbocycles. The Kier molecular flexibility index (Phi) is 7.82. The summed E-state index contributed by atoms with van der Waals surface area (Å²) in [7, 11) is -4.40. The fourth-order valence-electron chi connectivity index (χ4n) is 2.57. The molecule has 26 heavy (non-hydrogen) atoms. The van der Waals surface area contributed by atoms with Crippen molar-refractivity contribution >= 4 is 37.1 Å². The van der Waals surface area contributed by atoms with Crippen LogP contribution in [0.2, 0.25) is 58.9 Å². The van der Waals surface area contributed by atoms with Crippen molar-refractivity contribution < 1.29 is 27.6 Å². The molecule has 4 atom stereocenters. The molecule has 0 amide bonds. The number of ether oxygens (including phenoxy) is 1. The van der Waals surface area contributed by atoms with Gasteiger partial charge in [-0.3, -0.25) is 0 Å². The molecule has 0 aromatic rings. The van der Waals surface area contributed by atoms with E-state index in [0.717, 1.165) is 0 Å². The second-order valence-corrected chi connectivity index (χ2v) is 22.8. The maximum Gasteiger partial charge on any atom is 0.337 e. The lowest BCUT2D eigenvalue weighted by Gasteiger charge is -2.34. The molecule has 7 nitrogen and oxygen atoms in total. The van der Waals surface area contributed by atoms with Crippen LogP contribution in [0.4, 0.5) is 0 Å². The number of carbonyl (C=O) groups is 1. The molecule has 0 spiro atoms. The number of esters is 1. The second kappa shape index (κ2) is 8.65. The Labute approximate surface area is 160 Å². The van der Waals surface area contributed by atoms with Crippen LogP contribution in [0.3, 0.4) is 0 Å². The quantitative estimate of drug-likeness (QED) is 0.246. The van der Waals surface area contributed by atoms with E-state index in [1.807, 2.05) is 19.6 Å². The van der Waals surface area contributed by atoms with E-state index < -0.39 is 55.3 Å². The van der Waals surface area contributed by atoms with Gasteiger partial charge in [-0.05, 0) is 58.9 Å². The maximum atomic E-state index is 12.6. The largest absolute Gasteiger partial charge is 0.454 e. The summed E-state index contributed by atoms with van der Waals surface area (Å²) < 4.78 is 24.4. The van der Waals surface area contributed by atoms with Crippen molar-refractivity contribution in [3.05, 3.63) is 0 Å². The highest BCUT2D eigenvalue weighted by atomic mass is 28.4. The molecule has 0 aromatic heterocycles. The van der Waals surface area contributed by atoms with Crippen LogP contribution in [0.25, 0.3) is 0 Å². The summed E-state index contributed by atoms with van der Waals surface area (Å²) in [6, 6.07) is 0.